The predicted molar refractivity (Wildman–Crippen MR) is 198 cm³/mol. The maximum absolute atomic E-state index is 2.46. The largest absolute Gasteiger partial charge is 0.310 e. The molecule has 1 heteroatoms. The van der Waals surface area contributed by atoms with E-state index >= 15 is 0 Å². The van der Waals surface area contributed by atoms with Gasteiger partial charge in [0.15, 0.2) is 0 Å². The summed E-state index contributed by atoms with van der Waals surface area (Å²) in [4.78, 5) is 2.46. The highest BCUT2D eigenvalue weighted by molar-refractivity contribution is 5.88. The van der Waals surface area contributed by atoms with Crippen LogP contribution in [0.3, 0.4) is 0 Å². The highest BCUT2D eigenvalue weighted by Crippen LogP contribution is 2.51. The summed E-state index contributed by atoms with van der Waals surface area (Å²) in [6, 6.07) is 49.4. The molecule has 0 amide bonds. The second-order valence-corrected chi connectivity index (χ2v) is 14.4. The number of nitrogens with zero attached hydrogens (tertiary/aromatic N) is 1. The summed E-state index contributed by atoms with van der Waals surface area (Å²) in [6.45, 7) is 16.0. The zero-order valence-electron chi connectivity index (χ0n) is 28.1. The van der Waals surface area contributed by atoms with Crippen molar-refractivity contribution in [1.29, 1.82) is 0 Å². The Morgan fingerprint density at radius 3 is 1.65 bits per heavy atom. The van der Waals surface area contributed by atoms with Crippen molar-refractivity contribution >= 4 is 17.1 Å². The molecule has 1 aliphatic rings. The first-order chi connectivity index (χ1) is 22.0. The molecule has 0 aliphatic heterocycles. The van der Waals surface area contributed by atoms with Crippen molar-refractivity contribution in [3.05, 3.63) is 161 Å². The van der Waals surface area contributed by atoms with Crippen LogP contribution in [0.5, 0.6) is 0 Å². The molecular weight excluding hydrogens is 555 g/mol. The zero-order valence-corrected chi connectivity index (χ0v) is 28.1. The van der Waals surface area contributed by atoms with E-state index in [2.05, 4.69) is 187 Å². The molecule has 0 saturated carbocycles. The molecule has 0 aromatic heterocycles. The lowest BCUT2D eigenvalue weighted by Gasteiger charge is -2.31. The molecule has 0 unspecified atom stereocenters. The van der Waals surface area contributed by atoms with Gasteiger partial charge in [0.2, 0.25) is 0 Å². The average molecular weight is 598 g/mol. The van der Waals surface area contributed by atoms with E-state index in [-0.39, 0.29) is 10.8 Å². The molecule has 0 saturated heterocycles. The molecule has 0 atom stereocenters. The summed E-state index contributed by atoms with van der Waals surface area (Å²) in [5.74, 6) is 0. The molecule has 6 aromatic rings. The number of aryl methyl sites for hydroxylation is 2. The fourth-order valence-electron chi connectivity index (χ4n) is 7.31. The molecule has 1 aliphatic carbocycles. The summed E-state index contributed by atoms with van der Waals surface area (Å²) in [6.07, 6.45) is 0. The molecular formula is C45H43N. The minimum Gasteiger partial charge on any atom is -0.310 e. The van der Waals surface area contributed by atoms with Gasteiger partial charge in [0.05, 0.1) is 5.69 Å². The molecule has 0 fully saturated rings. The van der Waals surface area contributed by atoms with Crippen LogP contribution in [-0.2, 0) is 10.8 Å². The van der Waals surface area contributed by atoms with Crippen LogP contribution in [0.1, 0.15) is 62.4 Å². The van der Waals surface area contributed by atoms with Crippen LogP contribution in [0.2, 0.25) is 0 Å². The second-order valence-electron chi connectivity index (χ2n) is 14.4. The lowest BCUT2D eigenvalue weighted by molar-refractivity contribution is 0.590. The number of anilines is 3. The van der Waals surface area contributed by atoms with Crippen LogP contribution in [0.15, 0.2) is 133 Å². The molecule has 0 bridgehead atoms. The van der Waals surface area contributed by atoms with Crippen LogP contribution in [0.4, 0.5) is 17.1 Å². The molecule has 0 spiro atoms. The fourth-order valence-corrected chi connectivity index (χ4v) is 7.31. The summed E-state index contributed by atoms with van der Waals surface area (Å²) < 4.78 is 0. The predicted octanol–water partition coefficient (Wildman–Crippen LogP) is 12.7. The third kappa shape index (κ3) is 5.14. The Labute approximate surface area is 275 Å². The second kappa shape index (κ2) is 11.2. The van der Waals surface area contributed by atoms with Gasteiger partial charge in [0.1, 0.15) is 0 Å². The molecule has 1 nitrogen and oxygen atoms in total. The fraction of sp³-hybridized carbons (Fsp3) is 0.200. The van der Waals surface area contributed by atoms with Crippen LogP contribution >= 0.6 is 0 Å². The third-order valence-corrected chi connectivity index (χ3v) is 9.86. The van der Waals surface area contributed by atoms with Gasteiger partial charge in [-0.2, -0.15) is 0 Å². The Morgan fingerprint density at radius 2 is 1.00 bits per heavy atom. The van der Waals surface area contributed by atoms with E-state index in [1.807, 2.05) is 0 Å². The van der Waals surface area contributed by atoms with Crippen molar-refractivity contribution in [1.82, 2.24) is 0 Å². The maximum atomic E-state index is 2.46. The van der Waals surface area contributed by atoms with Crippen LogP contribution in [0, 0.1) is 13.8 Å². The summed E-state index contributed by atoms with van der Waals surface area (Å²) >= 11 is 0. The molecule has 228 valence electrons. The van der Waals surface area contributed by atoms with Crippen LogP contribution in [-0.4, -0.2) is 0 Å². The summed E-state index contributed by atoms with van der Waals surface area (Å²) in [5, 5.41) is 0. The van der Waals surface area contributed by atoms with Gasteiger partial charge in [-0.05, 0) is 117 Å². The number of hydrogen-bond donors (Lipinski definition) is 0. The highest BCUT2D eigenvalue weighted by atomic mass is 15.1. The maximum Gasteiger partial charge on any atom is 0.0520 e. The highest BCUT2D eigenvalue weighted by Gasteiger charge is 2.36. The standard InChI is InChI=1S/C45H43N/c1-30-27-35(34-17-21-36(22-18-34)44(3,4)5)28-31(2)43(30)46(37-23-19-33(20-24-37)32-13-9-8-10-14-32)38-25-26-40-39-15-11-12-16-41(39)45(6,7)42(40)29-38/h8-29H,1-7H3. The molecule has 0 radical (unpaired) electrons. The van der Waals surface area contributed by atoms with Crippen molar-refractivity contribution in [2.45, 2.75) is 59.3 Å². The van der Waals surface area contributed by atoms with E-state index in [9.17, 15) is 0 Å². The Hall–Kier alpha value is -4.88. The van der Waals surface area contributed by atoms with Gasteiger partial charge in [-0.1, -0.05) is 132 Å². The summed E-state index contributed by atoms with van der Waals surface area (Å²) in [5.41, 5.74) is 17.9. The van der Waals surface area contributed by atoms with Gasteiger partial charge in [0.25, 0.3) is 0 Å². The molecule has 0 N–H and O–H groups in total. The Kier molecular flexibility index (Phi) is 7.24. The third-order valence-electron chi connectivity index (χ3n) is 9.86. The van der Waals surface area contributed by atoms with E-state index in [0.717, 1.165) is 5.69 Å². The van der Waals surface area contributed by atoms with Gasteiger partial charge in [-0.15, -0.1) is 0 Å². The number of hydrogen-bond acceptors (Lipinski definition) is 1. The summed E-state index contributed by atoms with van der Waals surface area (Å²) in [7, 11) is 0. The number of fused-ring (bicyclic) bond motifs is 3. The smallest absolute Gasteiger partial charge is 0.0520 e. The van der Waals surface area contributed by atoms with Crippen LogP contribution in [0.25, 0.3) is 33.4 Å². The van der Waals surface area contributed by atoms with E-state index in [4.69, 9.17) is 0 Å². The molecule has 46 heavy (non-hydrogen) atoms. The Balaban J connectivity index is 1.36. The number of rotatable bonds is 5. The first-order valence-electron chi connectivity index (χ1n) is 16.4. The lowest BCUT2D eigenvalue weighted by Crippen LogP contribution is -2.17. The topological polar surface area (TPSA) is 3.24 Å². The van der Waals surface area contributed by atoms with Gasteiger partial charge >= 0.3 is 0 Å². The van der Waals surface area contributed by atoms with Crippen molar-refractivity contribution in [3.63, 3.8) is 0 Å². The molecule has 6 aromatic carbocycles. The SMILES string of the molecule is Cc1cc(-c2ccc(C(C)(C)C)cc2)cc(C)c1N(c1ccc(-c2ccccc2)cc1)c1ccc2c(c1)C(C)(C)c1ccccc1-2. The van der Waals surface area contributed by atoms with E-state index in [0.29, 0.717) is 0 Å². The molecule has 0 heterocycles. The zero-order chi connectivity index (χ0) is 32.2. The van der Waals surface area contributed by atoms with Gasteiger partial charge in [0, 0.05) is 16.8 Å². The Morgan fingerprint density at radius 1 is 0.478 bits per heavy atom. The van der Waals surface area contributed by atoms with E-state index in [1.165, 1.54) is 72.6 Å². The van der Waals surface area contributed by atoms with Crippen molar-refractivity contribution in [3.8, 4) is 33.4 Å². The first kappa shape index (κ1) is 29.8. The van der Waals surface area contributed by atoms with Gasteiger partial charge in [-0.25, -0.2) is 0 Å². The normalized spacial score (nSPS) is 13.3. The van der Waals surface area contributed by atoms with E-state index in [1.54, 1.807) is 0 Å². The molecule has 7 rings (SSSR count). The van der Waals surface area contributed by atoms with E-state index < -0.39 is 0 Å². The minimum absolute atomic E-state index is 0.0715. The quantitative estimate of drug-likeness (QED) is 0.191. The number of benzene rings is 6. The Bertz CT molecular complexity index is 2020. The lowest BCUT2D eigenvalue weighted by atomic mass is 9.82. The minimum atomic E-state index is -0.0715. The first-order valence-corrected chi connectivity index (χ1v) is 16.4. The van der Waals surface area contributed by atoms with Gasteiger partial charge in [-0.3, -0.25) is 0 Å². The van der Waals surface area contributed by atoms with Crippen molar-refractivity contribution in [2.24, 2.45) is 0 Å². The van der Waals surface area contributed by atoms with Crippen LogP contribution < -0.4 is 4.90 Å². The monoisotopic (exact) mass is 597 g/mol. The van der Waals surface area contributed by atoms with Crippen molar-refractivity contribution < 1.29 is 0 Å². The van der Waals surface area contributed by atoms with Crippen molar-refractivity contribution in [2.75, 3.05) is 4.90 Å². The van der Waals surface area contributed by atoms with Gasteiger partial charge < -0.3 is 4.90 Å². The average Bonchev–Trinajstić information content (AvgIpc) is 3.28.